The molecule has 0 aliphatic heterocycles. The molecule has 0 aliphatic rings. The number of nitrogens with one attached hydrogen (secondary N) is 1. The number of aryl methyl sites for hydroxylation is 1. The minimum Gasteiger partial charge on any atom is -0.378 e. The van der Waals surface area contributed by atoms with Crippen LogP contribution in [-0.4, -0.2) is 9.59 Å². The van der Waals surface area contributed by atoms with Gasteiger partial charge in [-0.1, -0.05) is 28.2 Å². The van der Waals surface area contributed by atoms with Gasteiger partial charge < -0.3 is 5.32 Å². The van der Waals surface area contributed by atoms with Crippen LogP contribution in [0.3, 0.4) is 0 Å². The number of halogens is 1. The van der Waals surface area contributed by atoms with E-state index in [0.717, 1.165) is 22.0 Å². The maximum atomic E-state index is 6.14. The van der Waals surface area contributed by atoms with Crippen molar-refractivity contribution in [2.24, 2.45) is 0 Å². The van der Waals surface area contributed by atoms with Crippen LogP contribution in [0.2, 0.25) is 5.02 Å². The molecule has 0 amide bonds. The van der Waals surface area contributed by atoms with Crippen molar-refractivity contribution in [2.45, 2.75) is 13.5 Å². The first-order valence-electron chi connectivity index (χ1n) is 4.52. The van der Waals surface area contributed by atoms with Crippen LogP contribution >= 0.6 is 23.1 Å². The average Bonchev–Trinajstić information content (AvgIpc) is 2.73. The number of hydrogen-bond donors (Lipinski definition) is 1. The van der Waals surface area contributed by atoms with E-state index in [1.54, 1.807) is 0 Å². The van der Waals surface area contributed by atoms with Crippen molar-refractivity contribution < 1.29 is 0 Å². The average molecular weight is 240 g/mol. The summed E-state index contributed by atoms with van der Waals surface area (Å²) < 4.78 is 3.79. The van der Waals surface area contributed by atoms with Gasteiger partial charge in [-0.2, -0.15) is 0 Å². The summed E-state index contributed by atoms with van der Waals surface area (Å²) in [5, 5.41) is 9.85. The molecule has 0 unspecified atom stereocenters. The van der Waals surface area contributed by atoms with Gasteiger partial charge in [0.2, 0.25) is 0 Å². The third-order valence-electron chi connectivity index (χ3n) is 2.06. The van der Waals surface area contributed by atoms with E-state index in [4.69, 9.17) is 11.6 Å². The van der Waals surface area contributed by atoms with E-state index in [-0.39, 0.29) is 0 Å². The summed E-state index contributed by atoms with van der Waals surface area (Å²) in [6.07, 6.45) is 0. The monoisotopic (exact) mass is 239 g/mol. The number of hydrogen-bond acceptors (Lipinski definition) is 4. The molecule has 3 nitrogen and oxygen atoms in total. The normalized spacial score (nSPS) is 10.3. The smallest absolute Gasteiger partial charge is 0.0946 e. The lowest BCUT2D eigenvalue weighted by Gasteiger charge is -2.08. The minimum absolute atomic E-state index is 0.652. The molecular formula is C10H10ClN3S. The maximum absolute atomic E-state index is 6.14. The Morgan fingerprint density at radius 3 is 3.07 bits per heavy atom. The second-order valence-corrected chi connectivity index (χ2v) is 4.17. The van der Waals surface area contributed by atoms with Gasteiger partial charge >= 0.3 is 0 Å². The van der Waals surface area contributed by atoms with Crippen LogP contribution in [-0.2, 0) is 6.54 Å². The molecule has 0 saturated carbocycles. The Hall–Kier alpha value is -1.13. The largest absolute Gasteiger partial charge is 0.378 e. The highest BCUT2D eigenvalue weighted by atomic mass is 35.5. The Morgan fingerprint density at radius 2 is 2.33 bits per heavy atom. The van der Waals surface area contributed by atoms with Gasteiger partial charge in [-0.3, -0.25) is 0 Å². The van der Waals surface area contributed by atoms with Crippen molar-refractivity contribution in [3.8, 4) is 0 Å². The Balaban J connectivity index is 2.08. The van der Waals surface area contributed by atoms with Gasteiger partial charge in [0.1, 0.15) is 0 Å². The third-order valence-corrected chi connectivity index (χ3v) is 3.11. The number of anilines is 1. The minimum atomic E-state index is 0.652. The van der Waals surface area contributed by atoms with E-state index < -0.39 is 0 Å². The first-order chi connectivity index (χ1) is 7.27. The topological polar surface area (TPSA) is 37.8 Å². The molecule has 0 radical (unpaired) electrons. The molecule has 2 rings (SSSR count). The summed E-state index contributed by atoms with van der Waals surface area (Å²) in [4.78, 5) is 0. The fourth-order valence-electron chi connectivity index (χ4n) is 1.23. The van der Waals surface area contributed by atoms with Crippen LogP contribution in [0.5, 0.6) is 0 Å². The van der Waals surface area contributed by atoms with E-state index in [9.17, 15) is 0 Å². The summed E-state index contributed by atoms with van der Waals surface area (Å²) in [6.45, 7) is 2.64. The zero-order valence-electron chi connectivity index (χ0n) is 8.20. The molecule has 15 heavy (non-hydrogen) atoms. The van der Waals surface area contributed by atoms with Crippen molar-refractivity contribution in [1.29, 1.82) is 0 Å². The zero-order chi connectivity index (χ0) is 10.7. The molecule has 0 fully saturated rings. The van der Waals surface area contributed by atoms with E-state index in [1.807, 2.05) is 30.5 Å². The number of benzene rings is 1. The molecule has 0 saturated heterocycles. The lowest BCUT2D eigenvalue weighted by molar-refractivity contribution is 0.998. The molecule has 1 N–H and O–H groups in total. The molecule has 0 atom stereocenters. The van der Waals surface area contributed by atoms with Gasteiger partial charge in [0, 0.05) is 5.38 Å². The first-order valence-corrected chi connectivity index (χ1v) is 5.74. The molecule has 1 aromatic carbocycles. The molecule has 0 spiro atoms. The van der Waals surface area contributed by atoms with Crippen molar-refractivity contribution in [2.75, 3.05) is 5.32 Å². The molecule has 2 aromatic rings. The van der Waals surface area contributed by atoms with Gasteiger partial charge in [0.05, 0.1) is 22.9 Å². The van der Waals surface area contributed by atoms with Crippen LogP contribution in [0.1, 0.15) is 11.3 Å². The first kappa shape index (κ1) is 10.4. The van der Waals surface area contributed by atoms with E-state index >= 15 is 0 Å². The predicted molar refractivity (Wildman–Crippen MR) is 63.4 cm³/mol. The van der Waals surface area contributed by atoms with Gasteiger partial charge in [-0.25, -0.2) is 0 Å². The SMILES string of the molecule is Cc1cccc(NCc2csnn2)c1Cl. The van der Waals surface area contributed by atoms with Crippen LogP contribution in [0.15, 0.2) is 23.6 Å². The molecule has 5 heteroatoms. The van der Waals surface area contributed by atoms with Gasteiger partial charge in [-0.05, 0) is 30.1 Å². The Labute approximate surface area is 97.3 Å². The van der Waals surface area contributed by atoms with Crippen molar-refractivity contribution in [1.82, 2.24) is 9.59 Å². The second-order valence-electron chi connectivity index (χ2n) is 3.19. The summed E-state index contributed by atoms with van der Waals surface area (Å²) in [5.41, 5.74) is 2.93. The highest BCUT2D eigenvalue weighted by Crippen LogP contribution is 2.25. The van der Waals surface area contributed by atoms with Crippen LogP contribution in [0, 0.1) is 6.92 Å². The molecule has 1 aromatic heterocycles. The fourth-order valence-corrected chi connectivity index (χ4v) is 1.87. The van der Waals surface area contributed by atoms with Gasteiger partial charge in [-0.15, -0.1) is 5.10 Å². The number of aromatic nitrogens is 2. The molecule has 78 valence electrons. The summed E-state index contributed by atoms with van der Waals surface area (Å²) in [6, 6.07) is 5.91. The summed E-state index contributed by atoms with van der Waals surface area (Å²) in [7, 11) is 0. The third kappa shape index (κ3) is 2.46. The van der Waals surface area contributed by atoms with E-state index in [1.165, 1.54) is 11.5 Å². The van der Waals surface area contributed by atoms with E-state index in [2.05, 4.69) is 14.9 Å². The Kier molecular flexibility index (Phi) is 3.18. The van der Waals surface area contributed by atoms with Gasteiger partial charge in [0.25, 0.3) is 0 Å². The summed E-state index contributed by atoms with van der Waals surface area (Å²) >= 11 is 7.49. The Bertz CT molecular complexity index is 442. The molecule has 1 heterocycles. The predicted octanol–water partition coefficient (Wildman–Crippen LogP) is 3.11. The quantitative estimate of drug-likeness (QED) is 0.895. The van der Waals surface area contributed by atoms with Crippen molar-refractivity contribution >= 4 is 28.8 Å². The molecular weight excluding hydrogens is 230 g/mol. The number of rotatable bonds is 3. The lowest BCUT2D eigenvalue weighted by atomic mass is 10.2. The second kappa shape index (κ2) is 4.59. The molecule has 0 aliphatic carbocycles. The molecule has 0 bridgehead atoms. The van der Waals surface area contributed by atoms with Gasteiger partial charge in [0.15, 0.2) is 0 Å². The van der Waals surface area contributed by atoms with Crippen molar-refractivity contribution in [3.05, 3.63) is 39.9 Å². The summed E-state index contributed by atoms with van der Waals surface area (Å²) in [5.74, 6) is 0. The van der Waals surface area contributed by atoms with Crippen LogP contribution in [0.4, 0.5) is 5.69 Å². The van der Waals surface area contributed by atoms with Crippen molar-refractivity contribution in [3.63, 3.8) is 0 Å². The van der Waals surface area contributed by atoms with Crippen LogP contribution in [0.25, 0.3) is 0 Å². The standard InChI is InChI=1S/C10H10ClN3S/c1-7-3-2-4-9(10(7)11)12-5-8-6-15-14-13-8/h2-4,6,12H,5H2,1H3. The highest BCUT2D eigenvalue weighted by Gasteiger charge is 2.02. The maximum Gasteiger partial charge on any atom is 0.0946 e. The zero-order valence-corrected chi connectivity index (χ0v) is 9.77. The fraction of sp³-hybridized carbons (Fsp3) is 0.200. The van der Waals surface area contributed by atoms with Crippen LogP contribution < -0.4 is 5.32 Å². The lowest BCUT2D eigenvalue weighted by Crippen LogP contribution is -2.00. The number of nitrogens with zero attached hydrogens (tertiary/aromatic N) is 2. The van der Waals surface area contributed by atoms with E-state index in [0.29, 0.717) is 6.54 Å². The highest BCUT2D eigenvalue weighted by molar-refractivity contribution is 7.03. The Morgan fingerprint density at radius 1 is 1.47 bits per heavy atom.